The molecule has 0 amide bonds. The third-order valence-electron chi connectivity index (χ3n) is 4.38. The van der Waals surface area contributed by atoms with E-state index in [1.165, 1.54) is 0 Å². The number of rotatable bonds is 5. The molecular formula is C21H22O3. The summed E-state index contributed by atoms with van der Waals surface area (Å²) in [5.74, 6) is 1.15. The molecule has 0 saturated carbocycles. The lowest BCUT2D eigenvalue weighted by Gasteiger charge is -2.30. The second kappa shape index (κ2) is 6.91. The van der Waals surface area contributed by atoms with Gasteiger partial charge in [-0.15, -0.1) is 6.58 Å². The molecule has 1 aliphatic rings. The molecule has 0 spiro atoms. The molecule has 2 atom stereocenters. The number of esters is 1. The monoisotopic (exact) mass is 322 g/mol. The highest BCUT2D eigenvalue weighted by Crippen LogP contribution is 2.42. The van der Waals surface area contributed by atoms with E-state index in [0.717, 1.165) is 28.9 Å². The van der Waals surface area contributed by atoms with E-state index in [2.05, 4.69) is 6.58 Å². The van der Waals surface area contributed by atoms with E-state index < -0.39 is 0 Å². The molecule has 2 unspecified atom stereocenters. The van der Waals surface area contributed by atoms with Crippen LogP contribution in [0.25, 0.3) is 0 Å². The topological polar surface area (TPSA) is 35.5 Å². The highest BCUT2D eigenvalue weighted by atomic mass is 16.5. The quantitative estimate of drug-likeness (QED) is 0.447. The van der Waals surface area contributed by atoms with Gasteiger partial charge in [0.25, 0.3) is 0 Å². The smallest absolute Gasteiger partial charge is 0.314 e. The third kappa shape index (κ3) is 3.51. The molecule has 124 valence electrons. The summed E-state index contributed by atoms with van der Waals surface area (Å²) >= 11 is 0. The van der Waals surface area contributed by atoms with Crippen molar-refractivity contribution in [2.45, 2.75) is 32.8 Å². The van der Waals surface area contributed by atoms with Gasteiger partial charge in [-0.1, -0.05) is 42.8 Å². The predicted octanol–water partition coefficient (Wildman–Crippen LogP) is 4.87. The van der Waals surface area contributed by atoms with Crippen molar-refractivity contribution in [2.75, 3.05) is 0 Å². The first kappa shape index (κ1) is 16.3. The molecule has 0 aliphatic carbocycles. The van der Waals surface area contributed by atoms with Gasteiger partial charge in [0, 0.05) is 11.5 Å². The average molecular weight is 322 g/mol. The first-order valence-corrected chi connectivity index (χ1v) is 8.21. The number of benzene rings is 2. The van der Waals surface area contributed by atoms with Crippen molar-refractivity contribution in [1.29, 1.82) is 0 Å². The van der Waals surface area contributed by atoms with Crippen molar-refractivity contribution in [3.05, 3.63) is 71.8 Å². The van der Waals surface area contributed by atoms with E-state index in [1.807, 2.05) is 62.4 Å². The average Bonchev–Trinajstić information content (AvgIpc) is 2.58. The van der Waals surface area contributed by atoms with E-state index in [4.69, 9.17) is 9.47 Å². The fourth-order valence-electron chi connectivity index (χ4n) is 3.04. The van der Waals surface area contributed by atoms with Crippen LogP contribution in [-0.2, 0) is 11.4 Å². The lowest BCUT2D eigenvalue weighted by Crippen LogP contribution is -2.29. The first-order valence-electron chi connectivity index (χ1n) is 8.21. The van der Waals surface area contributed by atoms with Gasteiger partial charge in [0.05, 0.1) is 5.92 Å². The lowest BCUT2D eigenvalue weighted by atomic mass is 9.81. The maximum atomic E-state index is 12.1. The van der Waals surface area contributed by atoms with Gasteiger partial charge in [0.2, 0.25) is 0 Å². The van der Waals surface area contributed by atoms with Crippen LogP contribution in [0.5, 0.6) is 11.5 Å². The Bertz CT molecular complexity index is 749. The molecule has 0 fully saturated rings. The fraction of sp³-hybridized carbons (Fsp3) is 0.286. The van der Waals surface area contributed by atoms with Crippen molar-refractivity contribution >= 4 is 5.97 Å². The Labute approximate surface area is 142 Å². The normalized spacial score (nSPS) is 19.3. The molecule has 0 bridgehead atoms. The number of carbonyl (C=O) groups is 1. The van der Waals surface area contributed by atoms with E-state index in [0.29, 0.717) is 12.4 Å². The van der Waals surface area contributed by atoms with Crippen molar-refractivity contribution < 1.29 is 14.3 Å². The van der Waals surface area contributed by atoms with Crippen LogP contribution < -0.4 is 9.47 Å². The van der Waals surface area contributed by atoms with Crippen LogP contribution in [-0.4, -0.2) is 5.97 Å². The summed E-state index contributed by atoms with van der Waals surface area (Å²) in [5, 5.41) is 0. The third-order valence-corrected chi connectivity index (χ3v) is 4.38. The molecule has 1 aliphatic heterocycles. The van der Waals surface area contributed by atoms with Crippen LogP contribution in [0.4, 0.5) is 0 Å². The number of carbonyl (C=O) groups excluding carboxylic acids is 1. The minimum Gasteiger partial charge on any atom is -0.489 e. The van der Waals surface area contributed by atoms with E-state index in [9.17, 15) is 4.79 Å². The summed E-state index contributed by atoms with van der Waals surface area (Å²) in [4.78, 5) is 12.1. The summed E-state index contributed by atoms with van der Waals surface area (Å²) in [6.07, 6.45) is 0.769. The Kier molecular flexibility index (Phi) is 4.70. The molecule has 0 N–H and O–H groups in total. The van der Waals surface area contributed by atoms with Gasteiger partial charge < -0.3 is 9.47 Å². The standard InChI is InChI=1S/C21H22O3/c1-14(2)11-18-15(3)21(22)24-20-10-9-17(12-19(18)20)23-13-16-7-5-4-6-8-16/h4-10,12,15,18H,1,11,13H2,2-3H3. The predicted molar refractivity (Wildman–Crippen MR) is 94.2 cm³/mol. The second-order valence-corrected chi connectivity index (χ2v) is 6.45. The largest absolute Gasteiger partial charge is 0.489 e. The van der Waals surface area contributed by atoms with E-state index >= 15 is 0 Å². The number of allylic oxidation sites excluding steroid dienone is 1. The molecule has 0 aromatic heterocycles. The van der Waals surface area contributed by atoms with Gasteiger partial charge in [0.1, 0.15) is 18.1 Å². The van der Waals surface area contributed by atoms with Crippen molar-refractivity contribution in [2.24, 2.45) is 5.92 Å². The van der Waals surface area contributed by atoms with Crippen molar-refractivity contribution in [3.8, 4) is 11.5 Å². The number of hydrogen-bond donors (Lipinski definition) is 0. The summed E-state index contributed by atoms with van der Waals surface area (Å²) in [6.45, 7) is 8.41. The minimum absolute atomic E-state index is 0.0824. The Morgan fingerprint density at radius 1 is 1.21 bits per heavy atom. The molecule has 2 aromatic rings. The lowest BCUT2D eigenvalue weighted by molar-refractivity contribution is -0.140. The maximum absolute atomic E-state index is 12.1. The molecule has 24 heavy (non-hydrogen) atoms. The molecule has 3 rings (SSSR count). The summed E-state index contributed by atoms with van der Waals surface area (Å²) in [6, 6.07) is 15.7. The zero-order valence-electron chi connectivity index (χ0n) is 14.1. The molecule has 0 radical (unpaired) electrons. The minimum atomic E-state index is -0.182. The summed E-state index contributed by atoms with van der Waals surface area (Å²) < 4.78 is 11.4. The second-order valence-electron chi connectivity index (χ2n) is 6.45. The highest BCUT2D eigenvalue weighted by molar-refractivity contribution is 5.79. The van der Waals surface area contributed by atoms with E-state index in [1.54, 1.807) is 0 Å². The molecule has 0 saturated heterocycles. The summed E-state index contributed by atoms with van der Waals surface area (Å²) in [5.41, 5.74) is 3.20. The zero-order valence-corrected chi connectivity index (χ0v) is 14.1. The molecule has 3 nitrogen and oxygen atoms in total. The van der Waals surface area contributed by atoms with Crippen molar-refractivity contribution in [1.82, 2.24) is 0 Å². The van der Waals surface area contributed by atoms with Crippen LogP contribution in [0.15, 0.2) is 60.7 Å². The molecule has 1 heterocycles. The molecule has 3 heteroatoms. The highest BCUT2D eigenvalue weighted by Gasteiger charge is 2.34. The molecular weight excluding hydrogens is 300 g/mol. The van der Waals surface area contributed by atoms with Gasteiger partial charge in [-0.05, 0) is 37.1 Å². The van der Waals surface area contributed by atoms with Gasteiger partial charge >= 0.3 is 5.97 Å². The zero-order chi connectivity index (χ0) is 17.1. The van der Waals surface area contributed by atoms with Gasteiger partial charge in [-0.2, -0.15) is 0 Å². The Balaban J connectivity index is 1.83. The van der Waals surface area contributed by atoms with Gasteiger partial charge in [-0.3, -0.25) is 4.79 Å². The van der Waals surface area contributed by atoms with E-state index in [-0.39, 0.29) is 17.8 Å². The van der Waals surface area contributed by atoms with Crippen LogP contribution in [0.1, 0.15) is 37.3 Å². The fourth-order valence-corrected chi connectivity index (χ4v) is 3.04. The Morgan fingerprint density at radius 3 is 2.67 bits per heavy atom. The van der Waals surface area contributed by atoms with Crippen LogP contribution >= 0.6 is 0 Å². The number of fused-ring (bicyclic) bond motifs is 1. The first-order chi connectivity index (χ1) is 11.5. The Morgan fingerprint density at radius 2 is 1.96 bits per heavy atom. The molecule has 2 aromatic carbocycles. The van der Waals surface area contributed by atoms with Crippen molar-refractivity contribution in [3.63, 3.8) is 0 Å². The SMILES string of the molecule is C=C(C)CC1c2cc(OCc3ccccc3)ccc2OC(=O)C1C. The Hall–Kier alpha value is -2.55. The van der Waals surface area contributed by atoms with Gasteiger partial charge in [-0.25, -0.2) is 0 Å². The van der Waals surface area contributed by atoms with Crippen LogP contribution in [0.2, 0.25) is 0 Å². The maximum Gasteiger partial charge on any atom is 0.314 e. The van der Waals surface area contributed by atoms with Crippen LogP contribution in [0, 0.1) is 5.92 Å². The number of ether oxygens (including phenoxy) is 2. The summed E-state index contributed by atoms with van der Waals surface area (Å²) in [7, 11) is 0. The van der Waals surface area contributed by atoms with Crippen LogP contribution in [0.3, 0.4) is 0 Å². The number of hydrogen-bond acceptors (Lipinski definition) is 3. The van der Waals surface area contributed by atoms with Gasteiger partial charge in [0.15, 0.2) is 0 Å².